The molecule has 3 aromatic rings. The number of aromatic nitrogens is 3. The zero-order valence-corrected chi connectivity index (χ0v) is 14.1. The number of benzene rings is 1. The number of nitrogens with one attached hydrogen (secondary N) is 1. The van der Waals surface area contributed by atoms with Crippen molar-refractivity contribution >= 4 is 33.0 Å². The number of alkyl halides is 3. The molecule has 0 unspecified atom stereocenters. The third-order valence-electron chi connectivity index (χ3n) is 3.53. The van der Waals surface area contributed by atoms with E-state index < -0.39 is 17.8 Å². The molecule has 9 heteroatoms. The van der Waals surface area contributed by atoms with Gasteiger partial charge in [-0.25, -0.2) is 9.50 Å². The molecule has 3 N–H and O–H groups in total. The summed E-state index contributed by atoms with van der Waals surface area (Å²) < 4.78 is 41.3. The number of fused-ring (bicyclic) bond motifs is 1. The van der Waals surface area contributed by atoms with Gasteiger partial charge in [0.15, 0.2) is 5.82 Å². The quantitative estimate of drug-likeness (QED) is 0.645. The van der Waals surface area contributed by atoms with Crippen LogP contribution in [0, 0.1) is 0 Å². The van der Waals surface area contributed by atoms with Crippen LogP contribution in [-0.4, -0.2) is 14.6 Å². The summed E-state index contributed by atoms with van der Waals surface area (Å²) in [7, 11) is 0. The molecule has 0 bridgehead atoms. The molecule has 3 rings (SSSR count). The second-order valence-corrected chi connectivity index (χ2v) is 6.26. The summed E-state index contributed by atoms with van der Waals surface area (Å²) >= 11 is 3.35. The lowest BCUT2D eigenvalue weighted by atomic mass is 10.0. The molecule has 0 spiro atoms. The fourth-order valence-corrected chi connectivity index (χ4v) is 2.80. The van der Waals surface area contributed by atoms with Crippen molar-refractivity contribution in [3.63, 3.8) is 0 Å². The van der Waals surface area contributed by atoms with Gasteiger partial charge in [0, 0.05) is 16.4 Å². The SMILES string of the molecule is C[C@@H](Nc1ncnn2cc(Br)cc12)c1cc(N)cc(C(F)(F)F)c1. The summed E-state index contributed by atoms with van der Waals surface area (Å²) in [4.78, 5) is 4.16. The van der Waals surface area contributed by atoms with E-state index in [-0.39, 0.29) is 5.69 Å². The highest BCUT2D eigenvalue weighted by Crippen LogP contribution is 2.33. The number of rotatable bonds is 3. The summed E-state index contributed by atoms with van der Waals surface area (Å²) in [5.74, 6) is 0.513. The fraction of sp³-hybridized carbons (Fsp3) is 0.200. The third-order valence-corrected chi connectivity index (χ3v) is 3.96. The Morgan fingerprint density at radius 1 is 1.25 bits per heavy atom. The Morgan fingerprint density at radius 3 is 2.71 bits per heavy atom. The second kappa shape index (κ2) is 5.97. The normalized spacial score (nSPS) is 13.2. The molecule has 0 saturated heterocycles. The smallest absolute Gasteiger partial charge is 0.399 e. The summed E-state index contributed by atoms with van der Waals surface area (Å²) in [5.41, 5.74) is 6.03. The Balaban J connectivity index is 1.94. The van der Waals surface area contributed by atoms with E-state index in [9.17, 15) is 13.2 Å². The predicted octanol–water partition coefficient (Wildman–Crippen LogP) is 4.27. The molecular formula is C15H13BrF3N5. The average molecular weight is 400 g/mol. The summed E-state index contributed by atoms with van der Waals surface area (Å²) in [5, 5.41) is 7.17. The maximum atomic E-state index is 12.9. The van der Waals surface area contributed by atoms with E-state index >= 15 is 0 Å². The first-order chi connectivity index (χ1) is 11.2. The number of halogens is 4. The lowest BCUT2D eigenvalue weighted by molar-refractivity contribution is -0.137. The van der Waals surface area contributed by atoms with Gasteiger partial charge in [-0.1, -0.05) is 0 Å². The van der Waals surface area contributed by atoms with Crippen molar-refractivity contribution in [1.29, 1.82) is 0 Å². The Morgan fingerprint density at radius 2 is 2.00 bits per heavy atom. The third kappa shape index (κ3) is 3.30. The largest absolute Gasteiger partial charge is 0.416 e. The van der Waals surface area contributed by atoms with Crippen molar-refractivity contribution in [2.45, 2.75) is 19.1 Å². The highest BCUT2D eigenvalue weighted by atomic mass is 79.9. The lowest BCUT2D eigenvalue weighted by Crippen LogP contribution is -2.12. The monoisotopic (exact) mass is 399 g/mol. The number of hydrogen-bond acceptors (Lipinski definition) is 4. The average Bonchev–Trinajstić information content (AvgIpc) is 2.87. The second-order valence-electron chi connectivity index (χ2n) is 5.35. The lowest BCUT2D eigenvalue weighted by Gasteiger charge is -2.18. The van der Waals surface area contributed by atoms with Gasteiger partial charge in [-0.15, -0.1) is 0 Å². The number of hydrogen-bond donors (Lipinski definition) is 2. The first kappa shape index (κ1) is 16.6. The molecule has 0 aliphatic heterocycles. The summed E-state index contributed by atoms with van der Waals surface area (Å²) in [6.07, 6.45) is -1.32. The van der Waals surface area contributed by atoms with Gasteiger partial charge >= 0.3 is 6.18 Å². The topological polar surface area (TPSA) is 68.2 Å². The van der Waals surface area contributed by atoms with Gasteiger partial charge in [0.05, 0.1) is 11.6 Å². The predicted molar refractivity (Wildman–Crippen MR) is 88.6 cm³/mol. The van der Waals surface area contributed by atoms with Crippen LogP contribution in [0.1, 0.15) is 24.1 Å². The van der Waals surface area contributed by atoms with Gasteiger partial charge < -0.3 is 11.1 Å². The van der Waals surface area contributed by atoms with Crippen LogP contribution in [0.2, 0.25) is 0 Å². The minimum Gasteiger partial charge on any atom is -0.399 e. The molecule has 0 radical (unpaired) electrons. The molecule has 1 aromatic carbocycles. The molecule has 0 aliphatic carbocycles. The molecule has 2 heterocycles. The van der Waals surface area contributed by atoms with E-state index in [1.54, 1.807) is 17.6 Å². The molecule has 1 atom stereocenters. The van der Waals surface area contributed by atoms with Crippen molar-refractivity contribution in [3.05, 3.63) is 52.4 Å². The van der Waals surface area contributed by atoms with Crippen molar-refractivity contribution < 1.29 is 13.2 Å². The highest BCUT2D eigenvalue weighted by molar-refractivity contribution is 9.10. The molecular weight excluding hydrogens is 387 g/mol. The molecule has 0 aliphatic rings. The van der Waals surface area contributed by atoms with Crippen molar-refractivity contribution in [2.75, 3.05) is 11.1 Å². The minimum atomic E-state index is -4.45. The van der Waals surface area contributed by atoms with Gasteiger partial charge in [-0.05, 0) is 52.7 Å². The number of nitrogen functional groups attached to an aromatic ring is 1. The van der Waals surface area contributed by atoms with E-state index in [1.165, 1.54) is 12.4 Å². The standard InChI is InChI=1S/C15H13BrF3N5/c1-8(9-2-10(15(17,18)19)4-12(20)3-9)23-14-13-5-11(16)6-24(13)22-7-21-14/h2-8H,20H2,1H3,(H,21,22,23)/t8-/m1/s1. The molecule has 0 amide bonds. The highest BCUT2D eigenvalue weighted by Gasteiger charge is 2.31. The van der Waals surface area contributed by atoms with Crippen molar-refractivity contribution in [1.82, 2.24) is 14.6 Å². The Labute approximate surface area is 143 Å². The van der Waals surface area contributed by atoms with Crippen molar-refractivity contribution in [3.8, 4) is 0 Å². The molecule has 126 valence electrons. The van der Waals surface area contributed by atoms with E-state index in [4.69, 9.17) is 5.73 Å². The van der Waals surface area contributed by atoms with E-state index in [1.807, 2.05) is 6.07 Å². The van der Waals surface area contributed by atoms with E-state index in [2.05, 4.69) is 31.3 Å². The number of nitrogens with zero attached hydrogens (tertiary/aromatic N) is 3. The van der Waals surface area contributed by atoms with Crippen LogP contribution >= 0.6 is 15.9 Å². The van der Waals surface area contributed by atoms with Gasteiger partial charge in [0.25, 0.3) is 0 Å². The zero-order chi connectivity index (χ0) is 17.5. The van der Waals surface area contributed by atoms with Gasteiger partial charge in [0.1, 0.15) is 11.8 Å². The first-order valence-electron chi connectivity index (χ1n) is 6.97. The summed E-state index contributed by atoms with van der Waals surface area (Å²) in [6.45, 7) is 1.74. The Kier molecular flexibility index (Phi) is 4.12. The maximum absolute atomic E-state index is 12.9. The fourth-order valence-electron chi connectivity index (χ4n) is 2.39. The maximum Gasteiger partial charge on any atom is 0.416 e. The number of anilines is 2. The minimum absolute atomic E-state index is 0.0618. The zero-order valence-electron chi connectivity index (χ0n) is 12.5. The molecule has 2 aromatic heterocycles. The first-order valence-corrected chi connectivity index (χ1v) is 7.76. The van der Waals surface area contributed by atoms with Crippen LogP contribution in [0.5, 0.6) is 0 Å². The van der Waals surface area contributed by atoms with E-state index in [0.717, 1.165) is 16.6 Å². The van der Waals surface area contributed by atoms with Crippen LogP contribution in [0.4, 0.5) is 24.7 Å². The Bertz CT molecular complexity index is 890. The van der Waals surface area contributed by atoms with E-state index in [0.29, 0.717) is 16.9 Å². The molecule has 0 fully saturated rings. The van der Waals surface area contributed by atoms with Crippen LogP contribution < -0.4 is 11.1 Å². The van der Waals surface area contributed by atoms with Crippen molar-refractivity contribution in [2.24, 2.45) is 0 Å². The van der Waals surface area contributed by atoms with Crippen LogP contribution in [0.15, 0.2) is 41.3 Å². The van der Waals surface area contributed by atoms with Gasteiger partial charge in [0.2, 0.25) is 0 Å². The van der Waals surface area contributed by atoms with Crippen LogP contribution in [0.25, 0.3) is 5.52 Å². The van der Waals surface area contributed by atoms with Gasteiger partial charge in [-0.2, -0.15) is 18.3 Å². The molecule has 0 saturated carbocycles. The summed E-state index contributed by atoms with van der Waals surface area (Å²) in [6, 6.07) is 4.90. The van der Waals surface area contributed by atoms with Crippen LogP contribution in [0.3, 0.4) is 0 Å². The number of nitrogens with two attached hydrogens (primary N) is 1. The molecule has 5 nitrogen and oxygen atoms in total. The van der Waals surface area contributed by atoms with Crippen LogP contribution in [-0.2, 0) is 6.18 Å². The van der Waals surface area contributed by atoms with Gasteiger partial charge in [-0.3, -0.25) is 0 Å². The Hall–Kier alpha value is -2.29. The molecule has 24 heavy (non-hydrogen) atoms.